The number of nitrogens with one attached hydrogen (secondary N) is 3. The van der Waals surface area contributed by atoms with Crippen LogP contribution in [-0.2, 0) is 4.79 Å². The molecule has 0 saturated heterocycles. The third-order valence-electron chi connectivity index (χ3n) is 4.19. The number of aromatic nitrogens is 3. The molecule has 7 nitrogen and oxygen atoms in total. The number of carbonyl (C=O) groups is 2. The van der Waals surface area contributed by atoms with Crippen molar-refractivity contribution in [2.75, 3.05) is 12.4 Å². The van der Waals surface area contributed by atoms with Crippen LogP contribution in [0.1, 0.15) is 28.9 Å². The molecular formula is C18H19N5O2S2. The molecule has 0 aliphatic carbocycles. The van der Waals surface area contributed by atoms with Gasteiger partial charge in [-0.25, -0.2) is 0 Å². The van der Waals surface area contributed by atoms with Gasteiger partial charge in [0, 0.05) is 18.3 Å². The van der Waals surface area contributed by atoms with E-state index in [4.69, 9.17) is 12.2 Å². The average molecular weight is 402 g/mol. The van der Waals surface area contributed by atoms with Crippen LogP contribution in [0.3, 0.4) is 0 Å². The zero-order chi connectivity index (χ0) is 19.6. The summed E-state index contributed by atoms with van der Waals surface area (Å²) >= 11 is 6.84. The smallest absolute Gasteiger partial charge is 0.251 e. The van der Waals surface area contributed by atoms with Gasteiger partial charge in [-0.3, -0.25) is 19.3 Å². The van der Waals surface area contributed by atoms with Crippen LogP contribution >= 0.6 is 23.6 Å². The Morgan fingerprint density at radius 2 is 2.11 bits per heavy atom. The Kier molecular flexibility index (Phi) is 5.52. The molecule has 3 N–H and O–H groups in total. The maximum absolute atomic E-state index is 12.8. The fourth-order valence-corrected chi connectivity index (χ4v) is 3.69. The highest BCUT2D eigenvalue weighted by Gasteiger charge is 2.22. The summed E-state index contributed by atoms with van der Waals surface area (Å²) < 4.78 is 2.08. The second-order valence-electron chi connectivity index (χ2n) is 5.97. The number of aromatic amines is 1. The highest BCUT2D eigenvalue weighted by molar-refractivity contribution is 7.71. The lowest BCUT2D eigenvalue weighted by molar-refractivity contribution is -0.118. The molecule has 0 radical (unpaired) electrons. The summed E-state index contributed by atoms with van der Waals surface area (Å²) in [6.45, 7) is 3.61. The summed E-state index contributed by atoms with van der Waals surface area (Å²) in [4.78, 5) is 25.5. The summed E-state index contributed by atoms with van der Waals surface area (Å²) in [6.07, 6.45) is 0. The van der Waals surface area contributed by atoms with E-state index in [1.54, 1.807) is 36.7 Å². The Balaban J connectivity index is 1.85. The van der Waals surface area contributed by atoms with E-state index in [-0.39, 0.29) is 11.8 Å². The molecule has 2 heterocycles. The zero-order valence-electron chi connectivity index (χ0n) is 15.1. The Labute approximate surface area is 165 Å². The molecule has 3 rings (SSSR count). The number of carbonyl (C=O) groups excluding carboxylic acids is 2. The first-order valence-electron chi connectivity index (χ1n) is 8.26. The number of thiophene rings is 1. The molecule has 9 heteroatoms. The van der Waals surface area contributed by atoms with E-state index in [0.29, 0.717) is 21.8 Å². The second-order valence-corrected chi connectivity index (χ2v) is 7.31. The first-order chi connectivity index (χ1) is 12.9. The van der Waals surface area contributed by atoms with Gasteiger partial charge in [-0.2, -0.15) is 5.10 Å². The van der Waals surface area contributed by atoms with Crippen LogP contribution < -0.4 is 10.6 Å². The number of anilines is 1. The van der Waals surface area contributed by atoms with Crippen LogP contribution in [0, 0.1) is 11.7 Å². The lowest BCUT2D eigenvalue weighted by Crippen LogP contribution is -2.25. The molecule has 0 aliphatic rings. The Morgan fingerprint density at radius 3 is 2.74 bits per heavy atom. The second kappa shape index (κ2) is 7.85. The number of H-pyrrole nitrogens is 1. The van der Waals surface area contributed by atoms with Gasteiger partial charge in [0.05, 0.1) is 4.88 Å². The summed E-state index contributed by atoms with van der Waals surface area (Å²) in [5.74, 6) is 0.236. The molecule has 0 bridgehead atoms. The Morgan fingerprint density at radius 1 is 1.33 bits per heavy atom. The number of aryl methyl sites for hydroxylation is 1. The average Bonchev–Trinajstić information content (AvgIpc) is 3.31. The lowest BCUT2D eigenvalue weighted by Gasteiger charge is -2.16. The normalized spacial score (nSPS) is 11.8. The molecule has 2 aromatic heterocycles. The SMILES string of the molecule is CNC(=O)c1ccc(NC(=O)C(C)n2c(-c3cccs3)n[nH]c2=S)c(C)c1. The molecule has 140 valence electrons. The van der Waals surface area contributed by atoms with Gasteiger partial charge in [0.1, 0.15) is 6.04 Å². The van der Waals surface area contributed by atoms with Gasteiger partial charge in [-0.1, -0.05) is 6.07 Å². The van der Waals surface area contributed by atoms with E-state index in [1.807, 2.05) is 24.4 Å². The number of hydrogen-bond acceptors (Lipinski definition) is 5. The van der Waals surface area contributed by atoms with Crippen molar-refractivity contribution in [3.8, 4) is 10.7 Å². The maximum Gasteiger partial charge on any atom is 0.251 e. The number of hydrogen-bond donors (Lipinski definition) is 3. The van der Waals surface area contributed by atoms with Crippen LogP contribution in [0.15, 0.2) is 35.7 Å². The largest absolute Gasteiger partial charge is 0.355 e. The van der Waals surface area contributed by atoms with Gasteiger partial charge in [0.25, 0.3) is 5.91 Å². The molecular weight excluding hydrogens is 382 g/mol. The predicted molar refractivity (Wildman–Crippen MR) is 109 cm³/mol. The number of amides is 2. The summed E-state index contributed by atoms with van der Waals surface area (Å²) in [5.41, 5.74) is 1.98. The van der Waals surface area contributed by atoms with Crippen LogP contribution in [0.25, 0.3) is 10.7 Å². The summed E-state index contributed by atoms with van der Waals surface area (Å²) in [7, 11) is 1.58. The van der Waals surface area contributed by atoms with E-state index >= 15 is 0 Å². The van der Waals surface area contributed by atoms with Crippen molar-refractivity contribution in [3.05, 3.63) is 51.6 Å². The Hall–Kier alpha value is -2.78. The van der Waals surface area contributed by atoms with Gasteiger partial charge >= 0.3 is 0 Å². The van der Waals surface area contributed by atoms with Crippen molar-refractivity contribution in [3.63, 3.8) is 0 Å². The summed E-state index contributed by atoms with van der Waals surface area (Å²) in [6, 6.07) is 8.42. The number of nitrogens with zero attached hydrogens (tertiary/aromatic N) is 2. The molecule has 1 unspecified atom stereocenters. The van der Waals surface area contributed by atoms with Crippen molar-refractivity contribution in [1.82, 2.24) is 20.1 Å². The highest BCUT2D eigenvalue weighted by Crippen LogP contribution is 2.26. The number of rotatable bonds is 5. The van der Waals surface area contributed by atoms with Crippen molar-refractivity contribution in [1.29, 1.82) is 0 Å². The maximum atomic E-state index is 12.8. The van der Waals surface area contributed by atoms with E-state index in [2.05, 4.69) is 20.8 Å². The third kappa shape index (κ3) is 3.83. The van der Waals surface area contributed by atoms with Crippen LogP contribution in [-0.4, -0.2) is 33.6 Å². The van der Waals surface area contributed by atoms with E-state index in [1.165, 1.54) is 11.3 Å². The molecule has 2 amide bonds. The minimum Gasteiger partial charge on any atom is -0.355 e. The molecule has 3 aromatic rings. The van der Waals surface area contributed by atoms with E-state index in [0.717, 1.165) is 10.4 Å². The van der Waals surface area contributed by atoms with Gasteiger partial charge in [-0.05, 0) is 61.3 Å². The highest BCUT2D eigenvalue weighted by atomic mass is 32.1. The quantitative estimate of drug-likeness (QED) is 0.570. The molecule has 0 saturated carbocycles. The fraction of sp³-hybridized carbons (Fsp3) is 0.222. The summed E-state index contributed by atoms with van der Waals surface area (Å²) in [5, 5.41) is 14.5. The molecule has 1 atom stereocenters. The molecule has 0 fully saturated rings. The molecule has 0 spiro atoms. The van der Waals surface area contributed by atoms with E-state index in [9.17, 15) is 9.59 Å². The standard InChI is InChI=1S/C18H19N5O2S2/c1-10-9-12(17(25)19-3)6-7-13(10)20-16(24)11(2)23-15(21-22-18(23)26)14-5-4-8-27-14/h4-9,11H,1-3H3,(H,19,25)(H,20,24)(H,22,26). The predicted octanol–water partition coefficient (Wildman–Crippen LogP) is 3.54. The first kappa shape index (κ1) is 19.0. The van der Waals surface area contributed by atoms with Gasteiger partial charge < -0.3 is 10.6 Å². The van der Waals surface area contributed by atoms with Gasteiger partial charge in [-0.15, -0.1) is 11.3 Å². The van der Waals surface area contributed by atoms with Crippen molar-refractivity contribution in [2.24, 2.45) is 0 Å². The minimum absolute atomic E-state index is 0.172. The first-order valence-corrected chi connectivity index (χ1v) is 9.55. The molecule has 1 aromatic carbocycles. The molecule has 27 heavy (non-hydrogen) atoms. The van der Waals surface area contributed by atoms with Gasteiger partial charge in [0.15, 0.2) is 10.6 Å². The topological polar surface area (TPSA) is 91.8 Å². The number of benzene rings is 1. The zero-order valence-corrected chi connectivity index (χ0v) is 16.7. The molecule has 0 aliphatic heterocycles. The fourth-order valence-electron chi connectivity index (χ4n) is 2.69. The van der Waals surface area contributed by atoms with Crippen LogP contribution in [0.2, 0.25) is 0 Å². The van der Waals surface area contributed by atoms with Crippen molar-refractivity contribution < 1.29 is 9.59 Å². The van der Waals surface area contributed by atoms with Crippen molar-refractivity contribution in [2.45, 2.75) is 19.9 Å². The van der Waals surface area contributed by atoms with Crippen LogP contribution in [0.4, 0.5) is 5.69 Å². The Bertz CT molecular complexity index is 1040. The third-order valence-corrected chi connectivity index (χ3v) is 5.34. The lowest BCUT2D eigenvalue weighted by atomic mass is 10.1. The minimum atomic E-state index is -0.564. The monoisotopic (exact) mass is 401 g/mol. The van der Waals surface area contributed by atoms with Gasteiger partial charge in [0.2, 0.25) is 5.91 Å². The van der Waals surface area contributed by atoms with Crippen molar-refractivity contribution >= 4 is 41.1 Å². The van der Waals surface area contributed by atoms with Crippen LogP contribution in [0.5, 0.6) is 0 Å². The van der Waals surface area contributed by atoms with E-state index < -0.39 is 6.04 Å².